The number of allylic oxidation sites excluding steroid dienone is 4. The molecule has 1 aromatic rings. The van der Waals surface area contributed by atoms with Crippen LogP contribution in [-0.2, 0) is 11.8 Å². The van der Waals surface area contributed by atoms with Crippen LogP contribution in [0, 0.1) is 23.2 Å². The lowest BCUT2D eigenvalue weighted by Crippen LogP contribution is -2.35. The van der Waals surface area contributed by atoms with Crippen LogP contribution in [-0.4, -0.2) is 33.6 Å². The van der Waals surface area contributed by atoms with Crippen molar-refractivity contribution in [3.63, 3.8) is 0 Å². The largest absolute Gasteiger partial charge is 0.393 e. The third-order valence-electron chi connectivity index (χ3n) is 10.5. The summed E-state index contributed by atoms with van der Waals surface area (Å²) in [5.41, 5.74) is 3.53. The SMILES string of the molecule is C=C1/C(=C\C=C2/CCC[C@]3(C)[C@@H]([C@H](C)/C=C/[C@H](O)C4(c5ccc(CCC)s5)CC4)CC[C@@H]23)C[C@@H](O)C[C@@H]1O. The highest BCUT2D eigenvalue weighted by Crippen LogP contribution is 2.60. The Balaban J connectivity index is 1.27. The molecule has 1 aromatic heterocycles. The van der Waals surface area contributed by atoms with Gasteiger partial charge in [0.25, 0.3) is 0 Å². The Labute approximate surface area is 234 Å². The van der Waals surface area contributed by atoms with Gasteiger partial charge in [0.1, 0.15) is 0 Å². The number of aryl methyl sites for hydroxylation is 1. The molecule has 4 heteroatoms. The minimum atomic E-state index is -0.633. The van der Waals surface area contributed by atoms with Gasteiger partial charge < -0.3 is 15.3 Å². The molecule has 208 valence electrons. The molecule has 0 aromatic carbocycles. The molecule has 0 aliphatic heterocycles. The molecule has 0 spiro atoms. The second-order valence-electron chi connectivity index (χ2n) is 13.0. The summed E-state index contributed by atoms with van der Waals surface area (Å²) in [4.78, 5) is 2.82. The normalized spacial score (nSPS) is 36.6. The fourth-order valence-corrected chi connectivity index (χ4v) is 9.44. The van der Waals surface area contributed by atoms with Crippen molar-refractivity contribution in [3.05, 3.63) is 69.5 Å². The monoisotopic (exact) mass is 536 g/mol. The lowest BCUT2D eigenvalue weighted by Gasteiger charge is -2.44. The topological polar surface area (TPSA) is 60.7 Å². The number of fused-ring (bicyclic) bond motifs is 1. The van der Waals surface area contributed by atoms with Gasteiger partial charge in [-0.25, -0.2) is 0 Å². The lowest BCUT2D eigenvalue weighted by molar-refractivity contribution is 0.0862. The average molecular weight is 537 g/mol. The highest BCUT2D eigenvalue weighted by atomic mass is 32.1. The van der Waals surface area contributed by atoms with Crippen LogP contribution in [0.5, 0.6) is 0 Å². The maximum Gasteiger partial charge on any atom is 0.0825 e. The van der Waals surface area contributed by atoms with Gasteiger partial charge in [-0.1, -0.05) is 63.6 Å². The van der Waals surface area contributed by atoms with Crippen molar-refractivity contribution >= 4 is 11.3 Å². The van der Waals surface area contributed by atoms with E-state index in [-0.39, 0.29) is 10.8 Å². The molecule has 7 atom stereocenters. The fraction of sp³-hybridized carbons (Fsp3) is 0.647. The molecule has 0 bridgehead atoms. The molecule has 0 saturated heterocycles. The summed E-state index contributed by atoms with van der Waals surface area (Å²) < 4.78 is 0. The Hall–Kier alpha value is -1.46. The van der Waals surface area contributed by atoms with Crippen molar-refractivity contribution in [3.8, 4) is 0 Å². The lowest BCUT2D eigenvalue weighted by atomic mass is 9.61. The first-order valence-electron chi connectivity index (χ1n) is 15.1. The number of hydrogen-bond acceptors (Lipinski definition) is 4. The third kappa shape index (κ3) is 5.31. The Morgan fingerprint density at radius 2 is 1.92 bits per heavy atom. The van der Waals surface area contributed by atoms with Crippen LogP contribution in [0.25, 0.3) is 0 Å². The zero-order chi connectivity index (χ0) is 27.1. The van der Waals surface area contributed by atoms with Crippen molar-refractivity contribution in [2.75, 3.05) is 0 Å². The maximum absolute atomic E-state index is 11.3. The number of rotatable bonds is 8. The van der Waals surface area contributed by atoms with Crippen LogP contribution in [0.15, 0.2) is 59.7 Å². The fourth-order valence-electron chi connectivity index (χ4n) is 8.06. The molecule has 4 fully saturated rings. The van der Waals surface area contributed by atoms with Gasteiger partial charge in [0.15, 0.2) is 0 Å². The van der Waals surface area contributed by atoms with Gasteiger partial charge in [-0.05, 0) is 104 Å². The summed E-state index contributed by atoms with van der Waals surface area (Å²) >= 11 is 1.91. The zero-order valence-electron chi connectivity index (χ0n) is 23.7. The van der Waals surface area contributed by atoms with Crippen LogP contribution in [0.4, 0.5) is 0 Å². The van der Waals surface area contributed by atoms with E-state index >= 15 is 0 Å². The number of hydrogen-bond donors (Lipinski definition) is 3. The quantitative estimate of drug-likeness (QED) is 0.303. The third-order valence-corrected chi connectivity index (χ3v) is 11.9. The van der Waals surface area contributed by atoms with Crippen LogP contribution < -0.4 is 0 Å². The Bertz CT molecular complexity index is 1100. The van der Waals surface area contributed by atoms with Crippen molar-refractivity contribution < 1.29 is 15.3 Å². The minimum absolute atomic E-state index is 0.0481. The number of aliphatic hydroxyl groups excluding tert-OH is 3. The summed E-state index contributed by atoms with van der Waals surface area (Å²) in [7, 11) is 0. The van der Waals surface area contributed by atoms with E-state index < -0.39 is 18.3 Å². The van der Waals surface area contributed by atoms with Gasteiger partial charge in [-0.15, -0.1) is 11.3 Å². The maximum atomic E-state index is 11.3. The van der Waals surface area contributed by atoms with Gasteiger partial charge in [0, 0.05) is 21.6 Å². The van der Waals surface area contributed by atoms with E-state index in [1.807, 2.05) is 11.3 Å². The van der Waals surface area contributed by atoms with E-state index in [4.69, 9.17) is 0 Å². The molecule has 4 aliphatic rings. The molecule has 0 unspecified atom stereocenters. The summed E-state index contributed by atoms with van der Waals surface area (Å²) in [5, 5.41) is 31.6. The van der Waals surface area contributed by atoms with Crippen LogP contribution in [0.2, 0.25) is 0 Å². The molecule has 38 heavy (non-hydrogen) atoms. The Kier molecular flexibility index (Phi) is 8.27. The summed E-state index contributed by atoms with van der Waals surface area (Å²) in [5.74, 6) is 1.65. The van der Waals surface area contributed by atoms with Crippen molar-refractivity contribution in [2.45, 2.75) is 115 Å². The van der Waals surface area contributed by atoms with Crippen molar-refractivity contribution in [1.82, 2.24) is 0 Å². The minimum Gasteiger partial charge on any atom is -0.393 e. The second kappa shape index (κ2) is 11.2. The van der Waals surface area contributed by atoms with E-state index in [2.05, 4.69) is 63.8 Å². The summed E-state index contributed by atoms with van der Waals surface area (Å²) in [6.45, 7) is 11.2. The van der Waals surface area contributed by atoms with Crippen molar-refractivity contribution in [2.24, 2.45) is 23.2 Å². The van der Waals surface area contributed by atoms with E-state index in [9.17, 15) is 15.3 Å². The predicted octanol–water partition coefficient (Wildman–Crippen LogP) is 7.43. The van der Waals surface area contributed by atoms with Gasteiger partial charge >= 0.3 is 0 Å². The number of aliphatic hydroxyl groups is 3. The molecule has 3 N–H and O–H groups in total. The molecule has 4 aliphatic carbocycles. The van der Waals surface area contributed by atoms with Gasteiger partial charge in [0.05, 0.1) is 18.3 Å². The molecular formula is C34H48O3S. The molecule has 3 nitrogen and oxygen atoms in total. The molecular weight excluding hydrogens is 488 g/mol. The smallest absolute Gasteiger partial charge is 0.0825 e. The second-order valence-corrected chi connectivity index (χ2v) is 14.2. The zero-order valence-corrected chi connectivity index (χ0v) is 24.5. The van der Waals surface area contributed by atoms with Crippen LogP contribution in [0.1, 0.15) is 94.7 Å². The number of thiophene rings is 1. The first-order valence-corrected chi connectivity index (χ1v) is 15.9. The first kappa shape index (κ1) is 28.1. The summed E-state index contributed by atoms with van der Waals surface area (Å²) in [6.07, 6.45) is 18.9. The Morgan fingerprint density at radius 1 is 1.13 bits per heavy atom. The van der Waals surface area contributed by atoms with E-state index in [1.54, 1.807) is 0 Å². The van der Waals surface area contributed by atoms with E-state index in [0.29, 0.717) is 30.6 Å². The van der Waals surface area contributed by atoms with E-state index in [1.165, 1.54) is 47.4 Å². The Morgan fingerprint density at radius 3 is 2.66 bits per heavy atom. The average Bonchev–Trinajstić information content (AvgIpc) is 3.42. The van der Waals surface area contributed by atoms with E-state index in [0.717, 1.165) is 36.8 Å². The predicted molar refractivity (Wildman–Crippen MR) is 158 cm³/mol. The molecule has 5 rings (SSSR count). The molecule has 0 radical (unpaired) electrons. The molecule has 4 saturated carbocycles. The highest BCUT2D eigenvalue weighted by Gasteiger charge is 2.52. The molecule has 0 amide bonds. The van der Waals surface area contributed by atoms with Gasteiger partial charge in [0.2, 0.25) is 0 Å². The van der Waals surface area contributed by atoms with Crippen LogP contribution >= 0.6 is 11.3 Å². The first-order chi connectivity index (χ1) is 18.2. The summed E-state index contributed by atoms with van der Waals surface area (Å²) in [6, 6.07) is 4.53. The molecule has 1 heterocycles. The standard InChI is InChI=1S/C34H48O3S/c1-5-7-27-12-16-32(38-27)34(18-19-34)31(37)15-9-22(2)28-13-14-29-24(8-6-17-33(28,29)4)10-11-25-20-26(35)21-30(36)23(25)3/h9-12,15-16,22,26,28-31,35-37H,3,5-8,13-14,17-21H2,1-2,4H3/b15-9+,24-10+,25-11-/t22-,26-,28-,29+,30+,31+,33-/m1/s1. The van der Waals surface area contributed by atoms with Gasteiger partial charge in [-0.2, -0.15) is 0 Å². The van der Waals surface area contributed by atoms with Crippen molar-refractivity contribution in [1.29, 1.82) is 0 Å². The van der Waals surface area contributed by atoms with Gasteiger partial charge in [-0.3, -0.25) is 0 Å². The highest BCUT2D eigenvalue weighted by molar-refractivity contribution is 7.12. The van der Waals surface area contributed by atoms with Crippen LogP contribution in [0.3, 0.4) is 0 Å².